The molecule has 49 heavy (non-hydrogen) atoms. The molecule has 10 rings (SSSR count). The number of aromatic nitrogens is 4. The number of nitrogens with zero attached hydrogens (tertiary/aromatic N) is 4. The second kappa shape index (κ2) is 10.9. The van der Waals surface area contributed by atoms with Crippen LogP contribution in [-0.2, 0) is 0 Å². The van der Waals surface area contributed by atoms with Gasteiger partial charge in [0, 0.05) is 22.9 Å². The molecule has 0 saturated carbocycles. The topological polar surface area (TPSA) is 64.7 Å². The Bertz CT molecular complexity index is 2820. The van der Waals surface area contributed by atoms with Gasteiger partial charge in [-0.25, -0.2) is 15.0 Å². The molecule has 0 amide bonds. The molecule has 3 aromatic heterocycles. The average Bonchev–Trinajstić information content (AvgIpc) is 3.56. The third-order valence-electron chi connectivity index (χ3n) is 9.33. The first-order valence-corrected chi connectivity index (χ1v) is 16.3. The van der Waals surface area contributed by atoms with Gasteiger partial charge in [-0.05, 0) is 73.8 Å². The molecule has 0 aliphatic carbocycles. The quantitative estimate of drug-likeness (QED) is 0.182. The molecular weight excluding hydrogens is 601 g/mol. The number of hydrogen-bond acceptors (Lipinski definition) is 5. The lowest BCUT2D eigenvalue weighted by molar-refractivity contribution is 0.668. The summed E-state index contributed by atoms with van der Waals surface area (Å²) >= 11 is 0. The Morgan fingerprint density at radius 1 is 0.388 bits per heavy atom. The summed E-state index contributed by atoms with van der Waals surface area (Å²) in [7, 11) is 0. The predicted molar refractivity (Wildman–Crippen MR) is 199 cm³/mol. The van der Waals surface area contributed by atoms with Crippen molar-refractivity contribution in [3.8, 4) is 45.3 Å². The van der Waals surface area contributed by atoms with Crippen molar-refractivity contribution in [2.75, 3.05) is 0 Å². The fourth-order valence-electron chi connectivity index (χ4n) is 7.00. The minimum atomic E-state index is 0.560. The van der Waals surface area contributed by atoms with E-state index in [1.807, 2.05) is 72.8 Å². The van der Waals surface area contributed by atoms with Crippen LogP contribution in [0.2, 0.25) is 0 Å². The third kappa shape index (κ3) is 4.55. The van der Waals surface area contributed by atoms with Gasteiger partial charge in [0.1, 0.15) is 11.1 Å². The van der Waals surface area contributed by atoms with Crippen molar-refractivity contribution >= 4 is 54.4 Å². The first-order chi connectivity index (χ1) is 24.3. The number of benzene rings is 7. The SMILES string of the molecule is c1ccc(-c2nc(-c3ccccc3)nc(-c3cc(-c4ccc5ccc6ccc7ccccc7c6c5c4)cc4oc5cccnc5c34)n2)cc1. The van der Waals surface area contributed by atoms with Gasteiger partial charge < -0.3 is 4.42 Å². The summed E-state index contributed by atoms with van der Waals surface area (Å²) < 4.78 is 6.49. The van der Waals surface area contributed by atoms with E-state index in [0.717, 1.165) is 44.3 Å². The van der Waals surface area contributed by atoms with Crippen LogP contribution in [0.15, 0.2) is 162 Å². The largest absolute Gasteiger partial charge is 0.454 e. The van der Waals surface area contributed by atoms with Crippen molar-refractivity contribution in [3.63, 3.8) is 0 Å². The number of fused-ring (bicyclic) bond motifs is 8. The van der Waals surface area contributed by atoms with E-state index in [1.54, 1.807) is 6.20 Å². The molecule has 7 aromatic carbocycles. The maximum absolute atomic E-state index is 6.49. The number of hydrogen-bond donors (Lipinski definition) is 0. The van der Waals surface area contributed by atoms with Gasteiger partial charge in [0.05, 0.1) is 5.39 Å². The lowest BCUT2D eigenvalue weighted by atomic mass is 9.93. The van der Waals surface area contributed by atoms with E-state index >= 15 is 0 Å². The van der Waals surface area contributed by atoms with Crippen molar-refractivity contribution in [3.05, 3.63) is 158 Å². The zero-order chi connectivity index (χ0) is 32.3. The molecule has 0 aliphatic rings. The summed E-state index contributed by atoms with van der Waals surface area (Å²) in [6.07, 6.45) is 1.80. The first-order valence-electron chi connectivity index (χ1n) is 16.3. The molecule has 5 heteroatoms. The highest BCUT2D eigenvalue weighted by Gasteiger charge is 2.20. The van der Waals surface area contributed by atoms with Gasteiger partial charge in [-0.1, -0.05) is 121 Å². The lowest BCUT2D eigenvalue weighted by Crippen LogP contribution is -2.00. The van der Waals surface area contributed by atoms with Crippen molar-refractivity contribution in [2.45, 2.75) is 0 Å². The molecule has 0 radical (unpaired) electrons. The summed E-state index contributed by atoms with van der Waals surface area (Å²) in [5, 5.41) is 8.22. The van der Waals surface area contributed by atoms with Crippen LogP contribution in [0.3, 0.4) is 0 Å². The lowest BCUT2D eigenvalue weighted by Gasteiger charge is -2.12. The molecular formula is C44H26N4O. The molecule has 0 spiro atoms. The zero-order valence-electron chi connectivity index (χ0n) is 26.2. The van der Waals surface area contributed by atoms with Gasteiger partial charge in [0.2, 0.25) is 0 Å². The van der Waals surface area contributed by atoms with Crippen molar-refractivity contribution in [2.24, 2.45) is 0 Å². The van der Waals surface area contributed by atoms with E-state index in [9.17, 15) is 0 Å². The first kappa shape index (κ1) is 27.4. The Morgan fingerprint density at radius 3 is 1.78 bits per heavy atom. The van der Waals surface area contributed by atoms with Crippen LogP contribution in [0.25, 0.3) is 99.7 Å². The van der Waals surface area contributed by atoms with Crippen molar-refractivity contribution in [1.82, 2.24) is 19.9 Å². The molecule has 3 heterocycles. The molecule has 0 atom stereocenters. The van der Waals surface area contributed by atoms with Gasteiger partial charge in [0.15, 0.2) is 23.1 Å². The maximum atomic E-state index is 6.49. The molecule has 5 nitrogen and oxygen atoms in total. The van der Waals surface area contributed by atoms with E-state index in [0.29, 0.717) is 23.1 Å². The van der Waals surface area contributed by atoms with Crippen LogP contribution < -0.4 is 0 Å². The molecule has 0 bridgehead atoms. The Hall–Kier alpha value is -6.72. The standard InChI is InChI=1S/C44H26N4O/c1-3-11-30(12-4-1)42-46-43(31-13-5-2-6-14-31)48-44(47-42)36-25-33(26-38-40(36)41-37(49-38)16-9-23-45-41)32-22-19-28-18-21-29-20-17-27-10-7-8-15-34(27)39(29)35(28)24-32/h1-26H. The Labute approximate surface area is 281 Å². The van der Waals surface area contributed by atoms with E-state index in [2.05, 4.69) is 78.9 Å². The van der Waals surface area contributed by atoms with Gasteiger partial charge in [0.25, 0.3) is 0 Å². The van der Waals surface area contributed by atoms with E-state index in [-0.39, 0.29) is 0 Å². The van der Waals surface area contributed by atoms with Gasteiger partial charge in [-0.2, -0.15) is 0 Å². The molecule has 0 aliphatic heterocycles. The summed E-state index contributed by atoms with van der Waals surface area (Å²) in [6.45, 7) is 0. The van der Waals surface area contributed by atoms with Crippen LogP contribution in [-0.4, -0.2) is 19.9 Å². The molecule has 10 aromatic rings. The summed E-state index contributed by atoms with van der Waals surface area (Å²) in [5.41, 5.74) is 6.97. The summed E-state index contributed by atoms with van der Waals surface area (Å²) in [4.78, 5) is 19.9. The predicted octanol–water partition coefficient (Wildman–Crippen LogP) is 11.3. The van der Waals surface area contributed by atoms with Crippen LogP contribution in [0.1, 0.15) is 0 Å². The second-order valence-electron chi connectivity index (χ2n) is 12.3. The maximum Gasteiger partial charge on any atom is 0.164 e. The molecule has 0 unspecified atom stereocenters. The van der Waals surface area contributed by atoms with E-state index in [4.69, 9.17) is 24.4 Å². The van der Waals surface area contributed by atoms with Crippen LogP contribution >= 0.6 is 0 Å². The normalized spacial score (nSPS) is 11.7. The fourth-order valence-corrected chi connectivity index (χ4v) is 7.00. The second-order valence-corrected chi connectivity index (χ2v) is 12.3. The Kier molecular flexibility index (Phi) is 6.11. The summed E-state index contributed by atoms with van der Waals surface area (Å²) in [5.74, 6) is 1.77. The van der Waals surface area contributed by atoms with E-state index < -0.39 is 0 Å². The van der Waals surface area contributed by atoms with Crippen LogP contribution in [0.5, 0.6) is 0 Å². The summed E-state index contributed by atoms with van der Waals surface area (Å²) in [6, 6.07) is 52.4. The van der Waals surface area contributed by atoms with Crippen molar-refractivity contribution < 1.29 is 4.42 Å². The number of pyridine rings is 1. The molecule has 0 saturated heterocycles. The molecule has 228 valence electrons. The molecule has 0 N–H and O–H groups in total. The Morgan fingerprint density at radius 2 is 1.02 bits per heavy atom. The van der Waals surface area contributed by atoms with Crippen LogP contribution in [0, 0.1) is 0 Å². The van der Waals surface area contributed by atoms with Gasteiger partial charge >= 0.3 is 0 Å². The van der Waals surface area contributed by atoms with Gasteiger partial charge in [-0.15, -0.1) is 0 Å². The van der Waals surface area contributed by atoms with Crippen molar-refractivity contribution in [1.29, 1.82) is 0 Å². The fraction of sp³-hybridized carbons (Fsp3) is 0. The monoisotopic (exact) mass is 626 g/mol. The Balaban J connectivity index is 1.26. The highest BCUT2D eigenvalue weighted by Crippen LogP contribution is 2.41. The minimum absolute atomic E-state index is 0.560. The zero-order valence-corrected chi connectivity index (χ0v) is 26.2. The van der Waals surface area contributed by atoms with Gasteiger partial charge in [-0.3, -0.25) is 4.98 Å². The van der Waals surface area contributed by atoms with Crippen LogP contribution in [0.4, 0.5) is 0 Å². The number of rotatable bonds is 4. The van der Waals surface area contributed by atoms with E-state index in [1.165, 1.54) is 32.3 Å². The highest BCUT2D eigenvalue weighted by molar-refractivity contribution is 6.21. The molecule has 0 fully saturated rings. The highest BCUT2D eigenvalue weighted by atomic mass is 16.3. The third-order valence-corrected chi connectivity index (χ3v) is 9.33. The number of furan rings is 1. The average molecular weight is 627 g/mol. The smallest absolute Gasteiger partial charge is 0.164 e. The minimum Gasteiger partial charge on any atom is -0.454 e.